The van der Waals surface area contributed by atoms with Gasteiger partial charge in [0.1, 0.15) is 18.1 Å². The van der Waals surface area contributed by atoms with Gasteiger partial charge in [0.15, 0.2) is 0 Å². The van der Waals surface area contributed by atoms with Crippen LogP contribution in [0, 0.1) is 11.8 Å². The Morgan fingerprint density at radius 2 is 1.93 bits per heavy atom. The normalized spacial score (nSPS) is 23.9. The van der Waals surface area contributed by atoms with Crippen LogP contribution >= 0.6 is 0 Å². The van der Waals surface area contributed by atoms with Crippen LogP contribution in [0.5, 0.6) is 5.75 Å². The molecule has 1 saturated carbocycles. The van der Waals surface area contributed by atoms with E-state index in [1.54, 1.807) is 0 Å². The molecule has 2 aliphatic heterocycles. The van der Waals surface area contributed by atoms with Crippen molar-refractivity contribution in [2.24, 2.45) is 11.8 Å². The molecular weight excluding hydrogens is 372 g/mol. The molecule has 4 rings (SSSR count). The van der Waals surface area contributed by atoms with Crippen LogP contribution in [-0.2, 0) is 9.53 Å². The van der Waals surface area contributed by atoms with Crippen molar-refractivity contribution in [2.75, 3.05) is 45.9 Å². The van der Waals surface area contributed by atoms with E-state index in [0.29, 0.717) is 19.0 Å². The van der Waals surface area contributed by atoms with Gasteiger partial charge in [-0.1, -0.05) is 0 Å². The molecule has 1 aliphatic carbocycles. The molecule has 158 valence electrons. The van der Waals surface area contributed by atoms with Crippen LogP contribution in [0.1, 0.15) is 36.2 Å². The smallest absolute Gasteiger partial charge is 0.269 e. The van der Waals surface area contributed by atoms with E-state index in [9.17, 15) is 14.7 Å². The molecule has 1 aromatic heterocycles. The van der Waals surface area contributed by atoms with Gasteiger partial charge in [-0.15, -0.1) is 0 Å². The standard InChI is InChI=1S/C21H30N4O4/c26-17-3-4-19(22-9-17)21(28)23-10-18-13-25(20(27)14-29-18)12-16-5-7-24(8-6-16)11-15-1-2-15/h3-4,9,15-16,18,26H,1-2,5-8,10-14H2,(H,23,28)/t18-/m1/s1. The fourth-order valence-corrected chi connectivity index (χ4v) is 4.13. The molecule has 3 fully saturated rings. The summed E-state index contributed by atoms with van der Waals surface area (Å²) in [5.41, 5.74) is 0.240. The predicted molar refractivity (Wildman–Crippen MR) is 106 cm³/mol. The lowest BCUT2D eigenvalue weighted by molar-refractivity contribution is -0.149. The maximum atomic E-state index is 12.3. The number of carbonyl (C=O) groups is 2. The highest BCUT2D eigenvalue weighted by Crippen LogP contribution is 2.31. The molecule has 0 spiro atoms. The SMILES string of the molecule is O=C(NC[C@@H]1CN(CC2CCN(CC3CC3)CC2)C(=O)CO1)c1ccc(O)cn1. The molecule has 29 heavy (non-hydrogen) atoms. The van der Waals surface area contributed by atoms with Gasteiger partial charge in [-0.2, -0.15) is 0 Å². The van der Waals surface area contributed by atoms with Crippen molar-refractivity contribution in [1.29, 1.82) is 0 Å². The molecule has 0 unspecified atom stereocenters. The third kappa shape index (κ3) is 5.67. The molecule has 8 nitrogen and oxygen atoms in total. The molecular formula is C21H30N4O4. The summed E-state index contributed by atoms with van der Waals surface area (Å²) in [4.78, 5) is 32.8. The number of hydrogen-bond donors (Lipinski definition) is 2. The third-order valence-electron chi connectivity index (χ3n) is 6.09. The maximum Gasteiger partial charge on any atom is 0.269 e. The van der Waals surface area contributed by atoms with E-state index in [1.165, 1.54) is 37.7 Å². The molecule has 3 heterocycles. The number of aromatic nitrogens is 1. The summed E-state index contributed by atoms with van der Waals surface area (Å²) in [5, 5.41) is 12.1. The quantitative estimate of drug-likeness (QED) is 0.703. The summed E-state index contributed by atoms with van der Waals surface area (Å²) in [6.07, 6.45) is 6.09. The van der Waals surface area contributed by atoms with Crippen molar-refractivity contribution in [3.8, 4) is 5.75 Å². The highest BCUT2D eigenvalue weighted by molar-refractivity contribution is 5.92. The van der Waals surface area contributed by atoms with Gasteiger partial charge in [0.25, 0.3) is 5.91 Å². The average Bonchev–Trinajstić information content (AvgIpc) is 3.54. The summed E-state index contributed by atoms with van der Waals surface area (Å²) in [6, 6.07) is 2.90. The lowest BCUT2D eigenvalue weighted by Crippen LogP contribution is -2.52. The van der Waals surface area contributed by atoms with Crippen LogP contribution in [0.15, 0.2) is 18.3 Å². The van der Waals surface area contributed by atoms with Crippen LogP contribution in [-0.4, -0.2) is 83.7 Å². The molecule has 2 amide bonds. The van der Waals surface area contributed by atoms with E-state index in [4.69, 9.17) is 4.74 Å². The van der Waals surface area contributed by atoms with Crippen LogP contribution in [0.3, 0.4) is 0 Å². The first-order chi connectivity index (χ1) is 14.1. The minimum absolute atomic E-state index is 0.0182. The summed E-state index contributed by atoms with van der Waals surface area (Å²) in [7, 11) is 0. The highest BCUT2D eigenvalue weighted by atomic mass is 16.5. The highest BCUT2D eigenvalue weighted by Gasteiger charge is 2.31. The number of rotatable bonds is 7. The number of aromatic hydroxyl groups is 1. The van der Waals surface area contributed by atoms with Crippen LogP contribution < -0.4 is 5.32 Å². The van der Waals surface area contributed by atoms with E-state index in [-0.39, 0.29) is 36.0 Å². The molecule has 8 heteroatoms. The zero-order valence-corrected chi connectivity index (χ0v) is 16.8. The van der Waals surface area contributed by atoms with Crippen LogP contribution in [0.25, 0.3) is 0 Å². The van der Waals surface area contributed by atoms with E-state index in [2.05, 4.69) is 15.2 Å². The number of nitrogens with one attached hydrogen (secondary N) is 1. The lowest BCUT2D eigenvalue weighted by Gasteiger charge is -2.38. The van der Waals surface area contributed by atoms with E-state index < -0.39 is 0 Å². The third-order valence-corrected chi connectivity index (χ3v) is 6.09. The first kappa shape index (κ1) is 20.1. The molecule has 0 radical (unpaired) electrons. The minimum atomic E-state index is -0.319. The molecule has 2 saturated heterocycles. The second kappa shape index (κ2) is 9.09. The number of pyridine rings is 1. The Balaban J connectivity index is 1.21. The van der Waals surface area contributed by atoms with E-state index in [0.717, 1.165) is 38.4 Å². The van der Waals surface area contributed by atoms with Gasteiger partial charge >= 0.3 is 0 Å². The number of amides is 2. The summed E-state index contributed by atoms with van der Waals surface area (Å²) in [6.45, 7) is 5.20. The van der Waals surface area contributed by atoms with Gasteiger partial charge in [0.2, 0.25) is 5.91 Å². The second-order valence-corrected chi connectivity index (χ2v) is 8.53. The predicted octanol–water partition coefficient (Wildman–Crippen LogP) is 0.866. The molecule has 1 aromatic rings. The van der Waals surface area contributed by atoms with Gasteiger partial charge in [0.05, 0.1) is 12.3 Å². The lowest BCUT2D eigenvalue weighted by atomic mass is 9.95. The molecule has 3 aliphatic rings. The number of piperidine rings is 1. The zero-order chi connectivity index (χ0) is 20.2. The Kier molecular flexibility index (Phi) is 6.30. The largest absolute Gasteiger partial charge is 0.506 e. The van der Waals surface area contributed by atoms with E-state index >= 15 is 0 Å². The number of hydrogen-bond acceptors (Lipinski definition) is 6. The number of morpholine rings is 1. The molecule has 2 N–H and O–H groups in total. The van der Waals surface area contributed by atoms with Crippen molar-refractivity contribution in [1.82, 2.24) is 20.1 Å². The molecule has 0 bridgehead atoms. The van der Waals surface area contributed by atoms with Gasteiger partial charge in [0, 0.05) is 26.2 Å². The Labute approximate surface area is 171 Å². The van der Waals surface area contributed by atoms with Crippen molar-refractivity contribution >= 4 is 11.8 Å². The molecule has 1 atom stereocenters. The number of likely N-dealkylation sites (tertiary alicyclic amines) is 1. The Morgan fingerprint density at radius 3 is 2.62 bits per heavy atom. The molecule has 0 aromatic carbocycles. The zero-order valence-electron chi connectivity index (χ0n) is 16.8. The minimum Gasteiger partial charge on any atom is -0.506 e. The number of nitrogens with zero attached hydrogens (tertiary/aromatic N) is 3. The Hall–Kier alpha value is -2.19. The Morgan fingerprint density at radius 1 is 1.17 bits per heavy atom. The van der Waals surface area contributed by atoms with Crippen LogP contribution in [0.2, 0.25) is 0 Å². The van der Waals surface area contributed by atoms with Gasteiger partial charge < -0.3 is 25.0 Å². The topological polar surface area (TPSA) is 95.0 Å². The van der Waals surface area contributed by atoms with Gasteiger partial charge in [-0.25, -0.2) is 4.98 Å². The average molecular weight is 402 g/mol. The summed E-state index contributed by atoms with van der Waals surface area (Å²) in [5.74, 6) is 1.21. The van der Waals surface area contributed by atoms with Crippen molar-refractivity contribution < 1.29 is 19.4 Å². The maximum absolute atomic E-state index is 12.3. The van der Waals surface area contributed by atoms with E-state index in [1.807, 2.05) is 4.90 Å². The van der Waals surface area contributed by atoms with Gasteiger partial charge in [-0.3, -0.25) is 9.59 Å². The monoisotopic (exact) mass is 402 g/mol. The van der Waals surface area contributed by atoms with Crippen molar-refractivity contribution in [2.45, 2.75) is 31.8 Å². The summed E-state index contributed by atoms with van der Waals surface area (Å²) >= 11 is 0. The van der Waals surface area contributed by atoms with Crippen LogP contribution in [0.4, 0.5) is 0 Å². The fraction of sp³-hybridized carbons (Fsp3) is 0.667. The number of ether oxygens (including phenoxy) is 1. The first-order valence-corrected chi connectivity index (χ1v) is 10.6. The van der Waals surface area contributed by atoms with Crippen molar-refractivity contribution in [3.63, 3.8) is 0 Å². The summed E-state index contributed by atoms with van der Waals surface area (Å²) < 4.78 is 5.61. The van der Waals surface area contributed by atoms with Gasteiger partial charge in [-0.05, 0) is 62.7 Å². The Bertz CT molecular complexity index is 714. The first-order valence-electron chi connectivity index (χ1n) is 10.6. The fourth-order valence-electron chi connectivity index (χ4n) is 4.13. The van der Waals surface area contributed by atoms with Crippen molar-refractivity contribution in [3.05, 3.63) is 24.0 Å². The number of carbonyl (C=O) groups excluding carboxylic acids is 2. The second-order valence-electron chi connectivity index (χ2n) is 8.53.